The monoisotopic (exact) mass is 578 g/mol. The van der Waals surface area contributed by atoms with E-state index in [0.29, 0.717) is 31.8 Å². The molecule has 4 aromatic rings. The summed E-state index contributed by atoms with van der Waals surface area (Å²) in [5.41, 5.74) is 3.53. The Hall–Kier alpha value is -4.07. The summed E-state index contributed by atoms with van der Waals surface area (Å²) in [6, 6.07) is 38.8. The van der Waals surface area contributed by atoms with E-state index >= 15 is 0 Å². The highest BCUT2D eigenvalue weighted by molar-refractivity contribution is 5.89. The van der Waals surface area contributed by atoms with Gasteiger partial charge in [-0.05, 0) is 35.2 Å². The van der Waals surface area contributed by atoms with Gasteiger partial charge in [0.05, 0.1) is 32.0 Å². The average molecular weight is 579 g/mol. The normalized spacial score (nSPS) is 21.6. The molecule has 0 N–H and O–H groups in total. The van der Waals surface area contributed by atoms with Crippen LogP contribution in [0, 0.1) is 0 Å². The largest absolute Gasteiger partial charge is 0.453 e. The van der Waals surface area contributed by atoms with Crippen molar-refractivity contribution in [3.63, 3.8) is 0 Å². The van der Waals surface area contributed by atoms with Gasteiger partial charge in [0.2, 0.25) is 0 Å². The smallest absolute Gasteiger partial charge is 0.338 e. The summed E-state index contributed by atoms with van der Waals surface area (Å²) >= 11 is 0. The van der Waals surface area contributed by atoms with Crippen molar-refractivity contribution in [3.8, 4) is 0 Å². The second kappa shape index (κ2) is 16.0. The maximum Gasteiger partial charge on any atom is 0.338 e. The van der Waals surface area contributed by atoms with E-state index < -0.39 is 36.5 Å². The lowest BCUT2D eigenvalue weighted by atomic mass is 9.92. The van der Waals surface area contributed by atoms with Gasteiger partial charge in [-0.25, -0.2) is 4.79 Å². The molecular weight excluding hydrogens is 540 g/mol. The maximum absolute atomic E-state index is 13.4. The average Bonchev–Trinajstić information content (AvgIpc) is 3.06. The van der Waals surface area contributed by atoms with E-state index in [0.717, 1.165) is 16.7 Å². The molecule has 1 aliphatic rings. The van der Waals surface area contributed by atoms with Crippen molar-refractivity contribution in [2.24, 2.45) is 0 Å². The van der Waals surface area contributed by atoms with Crippen LogP contribution in [0.4, 0.5) is 0 Å². The first kappa shape index (κ1) is 30.4. The van der Waals surface area contributed by atoms with Crippen molar-refractivity contribution in [3.05, 3.63) is 156 Å². The number of ether oxygens (including phenoxy) is 5. The van der Waals surface area contributed by atoms with Gasteiger partial charge in [0.15, 0.2) is 6.10 Å². The summed E-state index contributed by atoms with van der Waals surface area (Å²) in [5, 5.41) is 0. The molecule has 1 heterocycles. The van der Waals surface area contributed by atoms with Crippen LogP contribution in [-0.2, 0) is 43.5 Å². The fourth-order valence-electron chi connectivity index (χ4n) is 5.18. The highest BCUT2D eigenvalue weighted by Crippen LogP contribution is 2.32. The van der Waals surface area contributed by atoms with Gasteiger partial charge in [-0.1, -0.05) is 115 Å². The van der Waals surface area contributed by atoms with Crippen LogP contribution in [0.2, 0.25) is 0 Å². The summed E-state index contributed by atoms with van der Waals surface area (Å²) in [5.74, 6) is -0.447. The highest BCUT2D eigenvalue weighted by Gasteiger charge is 2.49. The fourth-order valence-corrected chi connectivity index (χ4v) is 5.18. The van der Waals surface area contributed by atoms with Crippen LogP contribution in [0.25, 0.3) is 0 Å². The van der Waals surface area contributed by atoms with Crippen molar-refractivity contribution in [2.75, 3.05) is 6.61 Å². The number of rotatable bonds is 14. The lowest BCUT2D eigenvalue weighted by Gasteiger charge is -2.45. The Labute approximate surface area is 253 Å². The third kappa shape index (κ3) is 8.72. The van der Waals surface area contributed by atoms with E-state index in [1.165, 1.54) is 0 Å². The Morgan fingerprint density at radius 2 is 1.12 bits per heavy atom. The summed E-state index contributed by atoms with van der Waals surface area (Å²) in [6.07, 6.45) is -0.735. The fraction of sp³-hybridized carbons (Fsp3) is 0.270. The zero-order valence-electron chi connectivity index (χ0n) is 24.2. The van der Waals surface area contributed by atoms with Crippen LogP contribution in [0.3, 0.4) is 0 Å². The zero-order chi connectivity index (χ0) is 29.7. The quantitative estimate of drug-likeness (QED) is 0.119. The third-order valence-electron chi connectivity index (χ3n) is 7.35. The molecule has 6 heteroatoms. The van der Waals surface area contributed by atoms with Gasteiger partial charge >= 0.3 is 5.97 Å². The van der Waals surface area contributed by atoms with Crippen LogP contribution in [0.1, 0.15) is 33.5 Å². The molecule has 0 aliphatic carbocycles. The van der Waals surface area contributed by atoms with E-state index in [1.54, 1.807) is 18.2 Å². The first-order valence-corrected chi connectivity index (χ1v) is 14.7. The number of carbonyl (C=O) groups excluding carboxylic acids is 1. The van der Waals surface area contributed by atoms with Crippen molar-refractivity contribution in [2.45, 2.75) is 56.8 Å². The van der Waals surface area contributed by atoms with Crippen molar-refractivity contribution >= 4 is 5.97 Å². The van der Waals surface area contributed by atoms with E-state index in [4.69, 9.17) is 23.7 Å². The molecule has 5 rings (SSSR count). The minimum atomic E-state index is -0.749. The first-order chi connectivity index (χ1) is 21.2. The molecule has 0 amide bonds. The van der Waals surface area contributed by atoms with Crippen LogP contribution >= 0.6 is 0 Å². The number of esters is 1. The second-order valence-corrected chi connectivity index (χ2v) is 10.5. The van der Waals surface area contributed by atoms with Gasteiger partial charge in [-0.2, -0.15) is 0 Å². The Balaban J connectivity index is 1.43. The van der Waals surface area contributed by atoms with Gasteiger partial charge < -0.3 is 23.7 Å². The molecule has 43 heavy (non-hydrogen) atoms. The van der Waals surface area contributed by atoms with Gasteiger partial charge in [0, 0.05) is 0 Å². The molecule has 222 valence electrons. The molecule has 0 radical (unpaired) electrons. The standard InChI is InChI=1S/C37H38O6/c1-2-15-32-35(43-37(38)31-22-13-6-14-23-31)36(41-26-30-20-11-5-12-21-30)34(40-25-29-18-9-4-10-19-29)33(42-32)27-39-24-28-16-7-3-8-17-28/h2-14,16-23,32-36H,1,15,24-27H2. The van der Waals surface area contributed by atoms with Gasteiger partial charge in [-0.15, -0.1) is 6.58 Å². The van der Waals surface area contributed by atoms with Crippen LogP contribution in [0.5, 0.6) is 0 Å². The zero-order valence-corrected chi connectivity index (χ0v) is 24.2. The molecule has 6 nitrogen and oxygen atoms in total. The maximum atomic E-state index is 13.4. The van der Waals surface area contributed by atoms with Gasteiger partial charge in [0.1, 0.15) is 24.4 Å². The predicted octanol–water partition coefficient (Wildman–Crippen LogP) is 6.94. The molecule has 0 bridgehead atoms. The Morgan fingerprint density at radius 3 is 1.65 bits per heavy atom. The molecule has 4 aromatic carbocycles. The molecule has 5 unspecified atom stereocenters. The molecule has 1 saturated heterocycles. The first-order valence-electron chi connectivity index (χ1n) is 14.7. The van der Waals surface area contributed by atoms with Crippen LogP contribution < -0.4 is 0 Å². The minimum Gasteiger partial charge on any atom is -0.453 e. The Bertz CT molecular complexity index is 1380. The van der Waals surface area contributed by atoms with E-state index in [2.05, 4.69) is 6.58 Å². The lowest BCUT2D eigenvalue weighted by molar-refractivity contribution is -0.259. The van der Waals surface area contributed by atoms with Crippen LogP contribution in [-0.4, -0.2) is 43.1 Å². The molecule has 0 aromatic heterocycles. The van der Waals surface area contributed by atoms with Crippen molar-refractivity contribution in [1.29, 1.82) is 0 Å². The lowest BCUT2D eigenvalue weighted by Crippen LogP contribution is -2.61. The SMILES string of the molecule is C=CCC1OC(COCc2ccccc2)C(OCc2ccccc2)C(OCc2ccccc2)C1OC(=O)c1ccccc1. The third-order valence-corrected chi connectivity index (χ3v) is 7.35. The van der Waals surface area contributed by atoms with Gasteiger partial charge in [0.25, 0.3) is 0 Å². The number of carbonyl (C=O) groups is 1. The minimum absolute atomic E-state index is 0.270. The summed E-state index contributed by atoms with van der Waals surface area (Å²) in [7, 11) is 0. The van der Waals surface area contributed by atoms with Crippen molar-refractivity contribution in [1.82, 2.24) is 0 Å². The second-order valence-electron chi connectivity index (χ2n) is 10.5. The number of hydrogen-bond donors (Lipinski definition) is 0. The Morgan fingerprint density at radius 1 is 0.628 bits per heavy atom. The highest BCUT2D eigenvalue weighted by atomic mass is 16.6. The molecule has 1 fully saturated rings. The molecule has 0 saturated carbocycles. The number of benzene rings is 4. The topological polar surface area (TPSA) is 63.2 Å². The number of hydrogen-bond acceptors (Lipinski definition) is 6. The summed E-state index contributed by atoms with van der Waals surface area (Å²) < 4.78 is 32.2. The summed E-state index contributed by atoms with van der Waals surface area (Å²) in [6.45, 7) is 5.29. The summed E-state index contributed by atoms with van der Waals surface area (Å²) in [4.78, 5) is 13.4. The van der Waals surface area contributed by atoms with E-state index in [1.807, 2.05) is 109 Å². The van der Waals surface area contributed by atoms with Gasteiger partial charge in [-0.3, -0.25) is 0 Å². The van der Waals surface area contributed by atoms with E-state index in [-0.39, 0.29) is 6.61 Å². The molecular formula is C37H38O6. The molecule has 5 atom stereocenters. The predicted molar refractivity (Wildman–Crippen MR) is 165 cm³/mol. The Kier molecular flexibility index (Phi) is 11.3. The molecule has 0 spiro atoms. The van der Waals surface area contributed by atoms with Crippen LogP contribution in [0.15, 0.2) is 134 Å². The van der Waals surface area contributed by atoms with E-state index in [9.17, 15) is 4.79 Å². The molecule has 1 aliphatic heterocycles. The van der Waals surface area contributed by atoms with Crippen molar-refractivity contribution < 1.29 is 28.5 Å².